The van der Waals surface area contributed by atoms with Gasteiger partial charge < -0.3 is 15.5 Å². The van der Waals surface area contributed by atoms with E-state index in [1.807, 2.05) is 20.8 Å². The summed E-state index contributed by atoms with van der Waals surface area (Å²) in [5.74, 6) is -0.238. The molecule has 1 unspecified atom stereocenters. The van der Waals surface area contributed by atoms with Crippen LogP contribution in [0.3, 0.4) is 0 Å². The minimum Gasteiger partial charge on any atom is -0.342 e. The Morgan fingerprint density at radius 1 is 1.18 bits per heavy atom. The zero-order chi connectivity index (χ0) is 13.6. The third kappa shape index (κ3) is 4.34. The zero-order valence-electron chi connectivity index (χ0n) is 11.6. The number of amides is 2. The van der Waals surface area contributed by atoms with Gasteiger partial charge >= 0.3 is 0 Å². The number of hydrogen-bond acceptors (Lipinski definition) is 3. The first-order valence-electron chi connectivity index (χ1n) is 6.12. The van der Waals surface area contributed by atoms with Crippen LogP contribution in [0, 0.1) is 0 Å². The molecule has 2 amide bonds. The number of carbonyl (C=O) groups excluding carboxylic acids is 2. The number of carbonyl (C=O) groups is 2. The van der Waals surface area contributed by atoms with E-state index in [0.717, 1.165) is 0 Å². The van der Waals surface area contributed by atoms with E-state index in [-0.39, 0.29) is 18.4 Å². The topological polar surface area (TPSA) is 66.6 Å². The molecule has 5 heteroatoms. The molecule has 5 nitrogen and oxygen atoms in total. The Balaban J connectivity index is 4.50. The molecule has 17 heavy (non-hydrogen) atoms. The zero-order valence-corrected chi connectivity index (χ0v) is 11.6. The molecule has 0 aromatic heterocycles. The quantitative estimate of drug-likeness (QED) is 0.736. The molecule has 0 saturated heterocycles. The molecule has 0 saturated carbocycles. The highest BCUT2D eigenvalue weighted by molar-refractivity contribution is 5.89. The Hall–Kier alpha value is -1.10. The Morgan fingerprint density at radius 3 is 2.00 bits per heavy atom. The SMILES string of the molecule is CCN(CC)C(=O)CN(C)C(=O)C(C)(N)CC. The molecule has 0 aliphatic rings. The summed E-state index contributed by atoms with van der Waals surface area (Å²) in [7, 11) is 1.62. The highest BCUT2D eigenvalue weighted by Crippen LogP contribution is 2.08. The van der Waals surface area contributed by atoms with Gasteiger partial charge in [0.1, 0.15) is 0 Å². The summed E-state index contributed by atoms with van der Waals surface area (Å²) in [6.07, 6.45) is 0.551. The minimum absolute atomic E-state index is 0.0437. The first-order chi connectivity index (χ1) is 7.80. The molecule has 0 rings (SSSR count). The van der Waals surface area contributed by atoms with Crippen LogP contribution in [0.1, 0.15) is 34.1 Å². The summed E-state index contributed by atoms with van der Waals surface area (Å²) < 4.78 is 0. The van der Waals surface area contributed by atoms with Crippen LogP contribution in [-0.4, -0.2) is 53.8 Å². The van der Waals surface area contributed by atoms with E-state index in [1.165, 1.54) is 4.90 Å². The van der Waals surface area contributed by atoms with E-state index in [1.54, 1.807) is 18.9 Å². The van der Waals surface area contributed by atoms with Gasteiger partial charge in [-0.2, -0.15) is 0 Å². The Labute approximate surface area is 104 Å². The van der Waals surface area contributed by atoms with Crippen molar-refractivity contribution in [2.45, 2.75) is 39.7 Å². The van der Waals surface area contributed by atoms with Crippen LogP contribution >= 0.6 is 0 Å². The molecule has 0 radical (unpaired) electrons. The fourth-order valence-electron chi connectivity index (χ4n) is 1.54. The van der Waals surface area contributed by atoms with Gasteiger partial charge in [-0.05, 0) is 27.2 Å². The van der Waals surface area contributed by atoms with E-state index < -0.39 is 5.54 Å². The predicted molar refractivity (Wildman–Crippen MR) is 68.4 cm³/mol. The molecule has 2 N–H and O–H groups in total. The molecule has 0 bridgehead atoms. The maximum atomic E-state index is 12.0. The van der Waals surface area contributed by atoms with Crippen LogP contribution in [0.2, 0.25) is 0 Å². The summed E-state index contributed by atoms with van der Waals surface area (Å²) in [4.78, 5) is 26.9. The van der Waals surface area contributed by atoms with Crippen molar-refractivity contribution >= 4 is 11.8 Å². The first-order valence-corrected chi connectivity index (χ1v) is 6.12. The second kappa shape index (κ2) is 6.59. The van der Waals surface area contributed by atoms with Crippen LogP contribution in [0.15, 0.2) is 0 Å². The van der Waals surface area contributed by atoms with Crippen molar-refractivity contribution in [2.24, 2.45) is 5.73 Å². The molecule has 1 atom stereocenters. The molecule has 0 aliphatic carbocycles. The van der Waals surface area contributed by atoms with E-state index in [9.17, 15) is 9.59 Å². The van der Waals surface area contributed by atoms with Gasteiger partial charge in [0.05, 0.1) is 12.1 Å². The number of hydrogen-bond donors (Lipinski definition) is 1. The molecule has 0 fully saturated rings. The van der Waals surface area contributed by atoms with Gasteiger partial charge in [-0.25, -0.2) is 0 Å². The van der Waals surface area contributed by atoms with Crippen LogP contribution in [-0.2, 0) is 9.59 Å². The lowest BCUT2D eigenvalue weighted by molar-refractivity contribution is -0.142. The number of rotatable bonds is 6. The van der Waals surface area contributed by atoms with Crippen LogP contribution < -0.4 is 5.73 Å². The average Bonchev–Trinajstić information content (AvgIpc) is 2.29. The smallest absolute Gasteiger partial charge is 0.242 e. The van der Waals surface area contributed by atoms with Gasteiger partial charge in [0.25, 0.3) is 0 Å². The van der Waals surface area contributed by atoms with Crippen molar-refractivity contribution in [1.82, 2.24) is 9.80 Å². The maximum Gasteiger partial charge on any atom is 0.242 e. The molecule has 0 spiro atoms. The molecule has 0 aliphatic heterocycles. The van der Waals surface area contributed by atoms with E-state index in [0.29, 0.717) is 19.5 Å². The van der Waals surface area contributed by atoms with Crippen LogP contribution in [0.4, 0.5) is 0 Å². The number of nitrogens with zero attached hydrogens (tertiary/aromatic N) is 2. The van der Waals surface area contributed by atoms with E-state index >= 15 is 0 Å². The number of likely N-dealkylation sites (N-methyl/N-ethyl adjacent to an activating group) is 2. The van der Waals surface area contributed by atoms with Crippen LogP contribution in [0.25, 0.3) is 0 Å². The van der Waals surface area contributed by atoms with Crippen molar-refractivity contribution < 1.29 is 9.59 Å². The normalized spacial score (nSPS) is 14.0. The highest BCUT2D eigenvalue weighted by Gasteiger charge is 2.30. The predicted octanol–water partition coefficient (Wildman–Crippen LogP) is 0.441. The lowest BCUT2D eigenvalue weighted by atomic mass is 9.99. The summed E-state index contributed by atoms with van der Waals surface area (Å²) in [5.41, 5.74) is 4.97. The third-order valence-corrected chi connectivity index (χ3v) is 3.06. The fourth-order valence-corrected chi connectivity index (χ4v) is 1.54. The van der Waals surface area contributed by atoms with Crippen molar-refractivity contribution in [2.75, 3.05) is 26.7 Å². The molecule has 0 aromatic rings. The van der Waals surface area contributed by atoms with Crippen LogP contribution in [0.5, 0.6) is 0 Å². The Morgan fingerprint density at radius 2 is 1.65 bits per heavy atom. The standard InChI is InChI=1S/C12H25N3O2/c1-6-12(4,13)11(17)14(5)9-10(16)15(7-2)8-3/h6-9,13H2,1-5H3. The molecule has 100 valence electrons. The fraction of sp³-hybridized carbons (Fsp3) is 0.833. The van der Waals surface area contributed by atoms with Crippen molar-refractivity contribution in [1.29, 1.82) is 0 Å². The van der Waals surface area contributed by atoms with E-state index in [4.69, 9.17) is 5.73 Å². The van der Waals surface area contributed by atoms with Gasteiger partial charge in [0.2, 0.25) is 11.8 Å². The lowest BCUT2D eigenvalue weighted by Gasteiger charge is -2.29. The maximum absolute atomic E-state index is 12.0. The summed E-state index contributed by atoms with van der Waals surface area (Å²) in [6, 6.07) is 0. The van der Waals surface area contributed by atoms with Gasteiger partial charge in [0.15, 0.2) is 0 Å². The summed E-state index contributed by atoms with van der Waals surface area (Å²) in [6.45, 7) is 8.79. The second-order valence-electron chi connectivity index (χ2n) is 4.50. The molecule has 0 aromatic carbocycles. The summed E-state index contributed by atoms with van der Waals surface area (Å²) in [5, 5.41) is 0. The first kappa shape index (κ1) is 15.9. The largest absolute Gasteiger partial charge is 0.342 e. The average molecular weight is 243 g/mol. The highest BCUT2D eigenvalue weighted by atomic mass is 16.2. The number of nitrogens with two attached hydrogens (primary N) is 1. The summed E-state index contributed by atoms with van der Waals surface area (Å²) >= 11 is 0. The van der Waals surface area contributed by atoms with Gasteiger partial charge in [-0.1, -0.05) is 6.92 Å². The monoisotopic (exact) mass is 243 g/mol. The van der Waals surface area contributed by atoms with Gasteiger partial charge in [-0.15, -0.1) is 0 Å². The molecule has 0 heterocycles. The minimum atomic E-state index is -0.891. The van der Waals surface area contributed by atoms with Crippen molar-refractivity contribution in [3.63, 3.8) is 0 Å². The second-order valence-corrected chi connectivity index (χ2v) is 4.50. The lowest BCUT2D eigenvalue weighted by Crippen LogP contribution is -2.53. The van der Waals surface area contributed by atoms with Gasteiger partial charge in [0, 0.05) is 20.1 Å². The van der Waals surface area contributed by atoms with Gasteiger partial charge in [-0.3, -0.25) is 9.59 Å². The molecular weight excluding hydrogens is 218 g/mol. The third-order valence-electron chi connectivity index (χ3n) is 3.06. The molecular formula is C12H25N3O2. The van der Waals surface area contributed by atoms with Crippen molar-refractivity contribution in [3.8, 4) is 0 Å². The Kier molecular flexibility index (Phi) is 6.16. The van der Waals surface area contributed by atoms with Crippen molar-refractivity contribution in [3.05, 3.63) is 0 Å². The van der Waals surface area contributed by atoms with E-state index in [2.05, 4.69) is 0 Å². The Bertz CT molecular complexity index is 273.